The summed E-state index contributed by atoms with van der Waals surface area (Å²) in [5, 5.41) is 9.54. The summed E-state index contributed by atoms with van der Waals surface area (Å²) in [6, 6.07) is 7.87. The second kappa shape index (κ2) is 5.01. The molecular formula is C13H13FN2O3S. The number of hydrogen-bond donors (Lipinski definition) is 3. The molecule has 0 saturated heterocycles. The van der Waals surface area contributed by atoms with Crippen molar-refractivity contribution in [2.75, 3.05) is 10.5 Å². The van der Waals surface area contributed by atoms with Gasteiger partial charge in [-0.15, -0.1) is 0 Å². The Labute approximate surface area is 115 Å². The van der Waals surface area contributed by atoms with Gasteiger partial charge in [0.15, 0.2) is 0 Å². The van der Waals surface area contributed by atoms with E-state index in [1.54, 1.807) is 6.92 Å². The molecule has 106 valence electrons. The van der Waals surface area contributed by atoms with Crippen molar-refractivity contribution in [1.29, 1.82) is 0 Å². The molecule has 0 amide bonds. The lowest BCUT2D eigenvalue weighted by Crippen LogP contribution is -2.16. The minimum atomic E-state index is -4.17. The fourth-order valence-corrected chi connectivity index (χ4v) is 2.93. The minimum absolute atomic E-state index is 0.0632. The van der Waals surface area contributed by atoms with Crippen LogP contribution in [0.15, 0.2) is 41.3 Å². The highest BCUT2D eigenvalue weighted by molar-refractivity contribution is 7.92. The Balaban J connectivity index is 2.43. The first-order chi connectivity index (χ1) is 9.31. The number of benzene rings is 2. The maximum Gasteiger partial charge on any atom is 0.266 e. The lowest BCUT2D eigenvalue weighted by atomic mass is 10.2. The molecular weight excluding hydrogens is 283 g/mol. The lowest BCUT2D eigenvalue weighted by molar-refractivity contribution is 0.471. The highest BCUT2D eigenvalue weighted by Crippen LogP contribution is 2.26. The number of nitrogens with two attached hydrogens (primary N) is 1. The summed E-state index contributed by atoms with van der Waals surface area (Å²) < 4.78 is 40.1. The van der Waals surface area contributed by atoms with Gasteiger partial charge in [-0.1, -0.05) is 12.1 Å². The van der Waals surface area contributed by atoms with E-state index in [0.717, 1.165) is 6.07 Å². The molecule has 0 spiro atoms. The summed E-state index contributed by atoms with van der Waals surface area (Å²) in [5.74, 6) is -1.000. The van der Waals surface area contributed by atoms with Crippen LogP contribution in [0.5, 0.6) is 5.75 Å². The van der Waals surface area contributed by atoms with Crippen LogP contribution in [0.2, 0.25) is 0 Å². The molecule has 0 heterocycles. The van der Waals surface area contributed by atoms with Crippen LogP contribution in [0.1, 0.15) is 5.56 Å². The number of halogens is 1. The second-order valence-corrected chi connectivity index (χ2v) is 5.88. The topological polar surface area (TPSA) is 92.4 Å². The molecule has 2 aromatic carbocycles. The van der Waals surface area contributed by atoms with Gasteiger partial charge in [0, 0.05) is 6.07 Å². The summed E-state index contributed by atoms with van der Waals surface area (Å²) in [7, 11) is -4.17. The van der Waals surface area contributed by atoms with Crippen LogP contribution < -0.4 is 10.5 Å². The summed E-state index contributed by atoms with van der Waals surface area (Å²) in [5.41, 5.74) is 6.04. The summed E-state index contributed by atoms with van der Waals surface area (Å²) in [4.78, 5) is -0.611. The first kappa shape index (κ1) is 14.1. The standard InChI is InChI=1S/C13H13FN2O3S/c1-8-5-6-9(7-12(8)17)16-20(18,19)13-10(14)3-2-4-11(13)15/h2-7,16-17H,15H2,1H3. The van der Waals surface area contributed by atoms with Gasteiger partial charge < -0.3 is 10.8 Å². The van der Waals surface area contributed by atoms with Gasteiger partial charge in [-0.05, 0) is 30.7 Å². The van der Waals surface area contributed by atoms with Gasteiger partial charge in [-0.2, -0.15) is 0 Å². The summed E-state index contributed by atoms with van der Waals surface area (Å²) in [6.07, 6.45) is 0. The van der Waals surface area contributed by atoms with E-state index >= 15 is 0 Å². The smallest absolute Gasteiger partial charge is 0.266 e. The maximum atomic E-state index is 13.6. The number of anilines is 2. The SMILES string of the molecule is Cc1ccc(NS(=O)(=O)c2c(N)cccc2F)cc1O. The number of hydrogen-bond acceptors (Lipinski definition) is 4. The van der Waals surface area contributed by atoms with Crippen LogP contribution in [-0.2, 0) is 10.0 Å². The van der Waals surface area contributed by atoms with E-state index in [2.05, 4.69) is 4.72 Å². The molecule has 0 fully saturated rings. The van der Waals surface area contributed by atoms with E-state index in [-0.39, 0.29) is 17.1 Å². The Kier molecular flexibility index (Phi) is 3.54. The number of nitrogen functional groups attached to an aromatic ring is 1. The number of phenolic OH excluding ortho intramolecular Hbond substituents is 1. The molecule has 2 aromatic rings. The molecule has 20 heavy (non-hydrogen) atoms. The Bertz CT molecular complexity index is 740. The Morgan fingerprint density at radius 1 is 1.25 bits per heavy atom. The average molecular weight is 296 g/mol. The van der Waals surface area contributed by atoms with E-state index < -0.39 is 20.7 Å². The number of sulfonamides is 1. The molecule has 0 aliphatic rings. The molecule has 0 unspecified atom stereocenters. The molecule has 5 nitrogen and oxygen atoms in total. The predicted octanol–water partition coefficient (Wildman–Crippen LogP) is 2.22. The van der Waals surface area contributed by atoms with Crippen LogP contribution >= 0.6 is 0 Å². The number of aromatic hydroxyl groups is 1. The van der Waals surface area contributed by atoms with Crippen LogP contribution in [0, 0.1) is 12.7 Å². The third-order valence-electron chi connectivity index (χ3n) is 2.73. The molecule has 2 rings (SSSR count). The third kappa shape index (κ3) is 2.67. The molecule has 0 saturated carbocycles. The van der Waals surface area contributed by atoms with Crippen molar-refractivity contribution in [2.24, 2.45) is 0 Å². The third-order valence-corrected chi connectivity index (χ3v) is 4.20. The zero-order valence-electron chi connectivity index (χ0n) is 10.6. The fourth-order valence-electron chi connectivity index (χ4n) is 1.69. The first-order valence-electron chi connectivity index (χ1n) is 5.67. The van der Waals surface area contributed by atoms with Crippen molar-refractivity contribution in [2.45, 2.75) is 11.8 Å². The largest absolute Gasteiger partial charge is 0.508 e. The van der Waals surface area contributed by atoms with E-state index in [1.807, 2.05) is 0 Å². The predicted molar refractivity (Wildman–Crippen MR) is 74.5 cm³/mol. The normalized spacial score (nSPS) is 11.3. The van der Waals surface area contributed by atoms with Crippen molar-refractivity contribution in [3.8, 4) is 5.75 Å². The van der Waals surface area contributed by atoms with E-state index in [1.165, 1.54) is 30.3 Å². The quantitative estimate of drug-likeness (QED) is 0.757. The Morgan fingerprint density at radius 2 is 1.95 bits per heavy atom. The molecule has 7 heteroatoms. The highest BCUT2D eigenvalue weighted by atomic mass is 32.2. The van der Waals surface area contributed by atoms with Gasteiger partial charge in [0.05, 0.1) is 11.4 Å². The number of aryl methyl sites for hydroxylation is 1. The van der Waals surface area contributed by atoms with Crippen molar-refractivity contribution < 1.29 is 17.9 Å². The zero-order chi connectivity index (χ0) is 14.9. The van der Waals surface area contributed by atoms with E-state index in [4.69, 9.17) is 5.73 Å². The number of nitrogens with one attached hydrogen (secondary N) is 1. The van der Waals surface area contributed by atoms with Crippen LogP contribution in [0.4, 0.5) is 15.8 Å². The lowest BCUT2D eigenvalue weighted by Gasteiger charge is -2.11. The van der Waals surface area contributed by atoms with Crippen molar-refractivity contribution >= 4 is 21.4 Å². The zero-order valence-corrected chi connectivity index (χ0v) is 11.4. The van der Waals surface area contributed by atoms with Crippen LogP contribution in [-0.4, -0.2) is 13.5 Å². The van der Waals surface area contributed by atoms with Crippen molar-refractivity contribution in [3.05, 3.63) is 47.8 Å². The van der Waals surface area contributed by atoms with E-state index in [0.29, 0.717) is 5.56 Å². The van der Waals surface area contributed by atoms with Gasteiger partial charge in [-0.25, -0.2) is 12.8 Å². The maximum absolute atomic E-state index is 13.6. The van der Waals surface area contributed by atoms with Gasteiger partial charge >= 0.3 is 0 Å². The van der Waals surface area contributed by atoms with Gasteiger partial charge in [-0.3, -0.25) is 4.72 Å². The Hall–Kier alpha value is -2.28. The van der Waals surface area contributed by atoms with Crippen LogP contribution in [0.25, 0.3) is 0 Å². The fraction of sp³-hybridized carbons (Fsp3) is 0.0769. The molecule has 0 atom stereocenters. The van der Waals surface area contributed by atoms with Gasteiger partial charge in [0.2, 0.25) is 0 Å². The molecule has 0 radical (unpaired) electrons. The second-order valence-electron chi connectivity index (χ2n) is 4.26. The monoisotopic (exact) mass is 296 g/mol. The van der Waals surface area contributed by atoms with E-state index in [9.17, 15) is 17.9 Å². The summed E-state index contributed by atoms with van der Waals surface area (Å²) >= 11 is 0. The molecule has 0 aromatic heterocycles. The minimum Gasteiger partial charge on any atom is -0.508 e. The van der Waals surface area contributed by atoms with Gasteiger partial charge in [0.1, 0.15) is 16.5 Å². The Morgan fingerprint density at radius 3 is 2.55 bits per heavy atom. The molecule has 0 bridgehead atoms. The molecule has 4 N–H and O–H groups in total. The molecule has 0 aliphatic heterocycles. The number of phenols is 1. The number of rotatable bonds is 3. The van der Waals surface area contributed by atoms with Crippen molar-refractivity contribution in [3.63, 3.8) is 0 Å². The average Bonchev–Trinajstić information content (AvgIpc) is 2.33. The van der Waals surface area contributed by atoms with Crippen molar-refractivity contribution in [1.82, 2.24) is 0 Å². The van der Waals surface area contributed by atoms with Gasteiger partial charge in [0.25, 0.3) is 10.0 Å². The van der Waals surface area contributed by atoms with Crippen LogP contribution in [0.3, 0.4) is 0 Å². The summed E-state index contributed by atoms with van der Waals surface area (Å²) in [6.45, 7) is 1.67. The molecule has 0 aliphatic carbocycles. The highest BCUT2D eigenvalue weighted by Gasteiger charge is 2.22. The first-order valence-corrected chi connectivity index (χ1v) is 7.16.